The Hall–Kier alpha value is -1.44. The highest BCUT2D eigenvalue weighted by Gasteiger charge is 2.57. The van der Waals surface area contributed by atoms with Gasteiger partial charge in [-0.1, -0.05) is 0 Å². The molecule has 7 fully saturated rings. The lowest BCUT2D eigenvalue weighted by molar-refractivity contribution is -0.395. The van der Waals surface area contributed by atoms with Crippen molar-refractivity contribution in [3.8, 4) is 0 Å². The average Bonchev–Trinajstić information content (AvgIpc) is 3.43. The van der Waals surface area contributed by atoms with Gasteiger partial charge in [-0.05, 0) is 0 Å². The van der Waals surface area contributed by atoms with Gasteiger partial charge in [-0.25, -0.2) is 0 Å². The van der Waals surface area contributed by atoms with Gasteiger partial charge in [0.25, 0.3) is 0 Å². The van der Waals surface area contributed by atoms with Crippen molar-refractivity contribution in [2.75, 3.05) is 46.2 Å². The molecular formula is C42H72O36. The second-order valence-electron chi connectivity index (χ2n) is 19.6. The molecule has 78 heavy (non-hydrogen) atoms. The first-order valence-electron chi connectivity index (χ1n) is 24.7. The molecule has 0 spiro atoms. The van der Waals surface area contributed by atoms with Gasteiger partial charge in [0, 0.05) is 0 Å². The molecule has 456 valence electrons. The van der Waals surface area contributed by atoms with Crippen LogP contribution in [0.3, 0.4) is 0 Å². The molecule has 0 aromatic heterocycles. The van der Waals surface area contributed by atoms with Crippen molar-refractivity contribution in [3.63, 3.8) is 0 Å². The van der Waals surface area contributed by atoms with Crippen LogP contribution in [0.5, 0.6) is 0 Å². The van der Waals surface area contributed by atoms with Crippen LogP contribution in [0, 0.1) is 0 Å². The van der Waals surface area contributed by atoms with E-state index in [1.165, 1.54) is 0 Å². The molecule has 0 saturated carbocycles. The highest BCUT2D eigenvalue weighted by molar-refractivity contribution is 5.00. The van der Waals surface area contributed by atoms with Gasteiger partial charge in [-0.3, -0.25) is 0 Å². The molecule has 0 aromatic carbocycles. The molecule has 0 radical (unpaired) electrons. The molecule has 7 heterocycles. The summed E-state index contributed by atoms with van der Waals surface area (Å²) in [4.78, 5) is 0. The molecule has 7 aliphatic rings. The fourth-order valence-electron chi connectivity index (χ4n) is 9.77. The Morgan fingerprint density at radius 1 is 0.218 bits per heavy atom. The molecule has 36 nitrogen and oxygen atoms in total. The largest absolute Gasteiger partial charge is 0.394 e. The van der Waals surface area contributed by atoms with Crippen LogP contribution in [0.25, 0.3) is 0 Å². The topological polar surface area (TPSA) is 585 Å². The summed E-state index contributed by atoms with van der Waals surface area (Å²) < 4.78 is 73.1. The van der Waals surface area contributed by atoms with E-state index in [1.54, 1.807) is 0 Å². The fraction of sp³-hybridized carbons (Fsp3) is 1.00. The maximum Gasteiger partial charge on any atom is 0.187 e. The van der Waals surface area contributed by atoms with Gasteiger partial charge in [0.2, 0.25) is 0 Å². The summed E-state index contributed by atoms with van der Waals surface area (Å²) in [6, 6.07) is 0. The molecule has 0 aliphatic carbocycles. The number of ether oxygens (including phenoxy) is 13. The summed E-state index contributed by atoms with van der Waals surface area (Å²) >= 11 is 0. The Bertz CT molecular complexity index is 1810. The molecule has 0 aromatic rings. The van der Waals surface area contributed by atoms with Crippen molar-refractivity contribution >= 4 is 0 Å². The SMILES string of the molecule is OC[C@H]1O[C@@H](O[C@H]2[C@@H](OC[C@H]3O[C@@H](O[C@H]4[C@H](O)[C@@H](O)[C@H](O[C@H]5[C@H](O)[C@H](O)C(O)O[C@@H]5CO[C@H]5O[C@H](CO)[C@H](O)[C@H](O)[C@H]5O)O[C@@H]4CO)[C@@H](O)[C@@H](O)[C@@H]3O[C@@H]3O[C@H](CO)[C@@H](O)[C@H](O)[C@H]3O)O[C@H](CO)[C@H](O)[C@@H]2O)[C@H](O)[C@@H](O)[C@H]1O. The Morgan fingerprint density at radius 3 is 0.885 bits per heavy atom. The fourth-order valence-corrected chi connectivity index (χ4v) is 9.77. The summed E-state index contributed by atoms with van der Waals surface area (Å²) in [6.07, 6.45) is -69.1. The molecule has 0 amide bonds. The van der Waals surface area contributed by atoms with Gasteiger partial charge in [-0.2, -0.15) is 0 Å². The van der Waals surface area contributed by atoms with Gasteiger partial charge in [0.05, 0.1) is 46.2 Å². The monoisotopic (exact) mass is 1150 g/mol. The standard InChI is InChI=1S/C42H72O36/c43-1-8-15(48)19(52)27(60)37(69-8)66-6-13-33(23(56)26(59)36(65)68-13)76-40-30(63)24(57)32(12(5-47)73-40)75-41-31(64)25(58)34(77-38-28(61)20(53)16(49)9(2-44)70-38)14(74-41)7-67-42-35(22(55)18(51)11(4-46)72-42)78-39-29(62)21(54)17(50)10(3-45)71-39/h8-65H,1-7H2/t8-,9-,10-,11-,12-,13-,14-,15+,16-,17+,18+,19+,20+,21+,22+,23-,24-,25-,26+,27-,28-,29-,30-,31+,32-,33-,34-,35-,36?,37+,38+,39+,40+,41+,42+/m1/s1. The van der Waals surface area contributed by atoms with Gasteiger partial charge < -0.3 is 179 Å². The second kappa shape index (κ2) is 27.5. The number of aliphatic hydroxyl groups excluding tert-OH is 23. The molecule has 35 atom stereocenters. The van der Waals surface area contributed by atoms with Gasteiger partial charge in [0.1, 0.15) is 171 Å². The number of hydrogen-bond donors (Lipinski definition) is 23. The van der Waals surface area contributed by atoms with Crippen molar-refractivity contribution in [3.05, 3.63) is 0 Å². The Morgan fingerprint density at radius 2 is 0.474 bits per heavy atom. The third-order valence-electron chi connectivity index (χ3n) is 14.5. The van der Waals surface area contributed by atoms with Crippen LogP contribution in [0.1, 0.15) is 0 Å². The maximum absolute atomic E-state index is 11.7. The van der Waals surface area contributed by atoms with E-state index in [1.807, 2.05) is 0 Å². The zero-order valence-electron chi connectivity index (χ0n) is 40.8. The quantitative estimate of drug-likeness (QED) is 0.0571. The summed E-state index contributed by atoms with van der Waals surface area (Å²) in [5.41, 5.74) is 0. The molecule has 1 unspecified atom stereocenters. The van der Waals surface area contributed by atoms with Crippen molar-refractivity contribution in [1.29, 1.82) is 0 Å². The smallest absolute Gasteiger partial charge is 0.187 e. The van der Waals surface area contributed by atoms with Crippen molar-refractivity contribution in [1.82, 2.24) is 0 Å². The van der Waals surface area contributed by atoms with Crippen LogP contribution in [0.4, 0.5) is 0 Å². The summed E-state index contributed by atoms with van der Waals surface area (Å²) in [6.45, 7) is -6.67. The predicted octanol–water partition coefficient (Wildman–Crippen LogP) is -16.3. The highest BCUT2D eigenvalue weighted by atomic mass is 16.8. The van der Waals surface area contributed by atoms with Gasteiger partial charge in [0.15, 0.2) is 44.0 Å². The van der Waals surface area contributed by atoms with Crippen LogP contribution in [-0.2, 0) is 61.6 Å². The minimum Gasteiger partial charge on any atom is -0.394 e. The van der Waals surface area contributed by atoms with E-state index in [2.05, 4.69) is 0 Å². The number of rotatable bonds is 19. The van der Waals surface area contributed by atoms with Crippen LogP contribution in [-0.4, -0.2) is 379 Å². The molecule has 7 aliphatic heterocycles. The zero-order chi connectivity index (χ0) is 57.3. The number of hydrogen-bond acceptors (Lipinski definition) is 36. The first kappa shape index (κ1) is 64.1. The summed E-state index contributed by atoms with van der Waals surface area (Å²) in [5, 5.41) is 243. The maximum atomic E-state index is 11.7. The lowest BCUT2D eigenvalue weighted by Crippen LogP contribution is -2.68. The lowest BCUT2D eigenvalue weighted by Gasteiger charge is -2.49. The first-order valence-corrected chi connectivity index (χ1v) is 24.7. The minimum absolute atomic E-state index is 0.830. The summed E-state index contributed by atoms with van der Waals surface area (Å²) in [7, 11) is 0. The van der Waals surface area contributed by atoms with Crippen molar-refractivity contribution < 1.29 is 179 Å². The summed E-state index contributed by atoms with van der Waals surface area (Å²) in [5.74, 6) is 0. The average molecular weight is 1150 g/mol. The zero-order valence-corrected chi connectivity index (χ0v) is 40.8. The number of aliphatic hydroxyl groups is 23. The molecule has 7 saturated heterocycles. The van der Waals surface area contributed by atoms with Crippen LogP contribution < -0.4 is 0 Å². The van der Waals surface area contributed by atoms with E-state index in [9.17, 15) is 117 Å². The van der Waals surface area contributed by atoms with Crippen LogP contribution in [0.15, 0.2) is 0 Å². The first-order chi connectivity index (χ1) is 36.9. The molecule has 36 heteroatoms. The van der Waals surface area contributed by atoms with Crippen LogP contribution in [0.2, 0.25) is 0 Å². The van der Waals surface area contributed by atoms with E-state index in [-0.39, 0.29) is 0 Å². The van der Waals surface area contributed by atoms with Gasteiger partial charge >= 0.3 is 0 Å². The Balaban J connectivity index is 1.10. The predicted molar refractivity (Wildman–Crippen MR) is 232 cm³/mol. The van der Waals surface area contributed by atoms with E-state index in [0.29, 0.717) is 0 Å². The third-order valence-corrected chi connectivity index (χ3v) is 14.5. The van der Waals surface area contributed by atoms with E-state index < -0.39 is 261 Å². The second-order valence-corrected chi connectivity index (χ2v) is 19.6. The molecular weight excluding hydrogens is 1080 g/mol. The molecule has 0 bridgehead atoms. The van der Waals surface area contributed by atoms with E-state index in [4.69, 9.17) is 61.6 Å². The van der Waals surface area contributed by atoms with Crippen molar-refractivity contribution in [2.45, 2.75) is 215 Å². The van der Waals surface area contributed by atoms with Crippen molar-refractivity contribution in [2.24, 2.45) is 0 Å². The minimum atomic E-state index is -2.33. The van der Waals surface area contributed by atoms with Crippen LogP contribution >= 0.6 is 0 Å². The van der Waals surface area contributed by atoms with Gasteiger partial charge in [-0.15, -0.1) is 0 Å². The lowest BCUT2D eigenvalue weighted by atomic mass is 9.95. The van der Waals surface area contributed by atoms with E-state index in [0.717, 1.165) is 0 Å². The molecule has 7 rings (SSSR count). The van der Waals surface area contributed by atoms with E-state index >= 15 is 0 Å². The Kier molecular flexibility index (Phi) is 22.6. The normalized spacial score (nSPS) is 53.5. The Labute approximate surface area is 439 Å². The molecule has 23 N–H and O–H groups in total. The highest BCUT2D eigenvalue weighted by Crippen LogP contribution is 2.37. The third kappa shape index (κ3) is 13.2.